The number of hydrogen-bond acceptors (Lipinski definition) is 11. The Morgan fingerprint density at radius 1 is 0.800 bits per heavy atom. The second-order valence-corrected chi connectivity index (χ2v) is 6.76. The number of carboxylic acid groups (broad SMARTS) is 2. The Bertz CT molecular complexity index is 645. The van der Waals surface area contributed by atoms with E-state index in [4.69, 9.17) is 23.7 Å². The summed E-state index contributed by atoms with van der Waals surface area (Å²) in [6.07, 6.45) is -15.3. The third kappa shape index (κ3) is 4.87. The number of hydrogen-bond donors (Lipinski definition) is 6. The van der Waals surface area contributed by atoms with E-state index in [0.717, 1.165) is 21.1 Å². The van der Waals surface area contributed by atoms with Gasteiger partial charge in [-0.15, -0.1) is 0 Å². The molecular formula is C16H25NO13. The summed E-state index contributed by atoms with van der Waals surface area (Å²) in [5.74, 6) is -3.69. The van der Waals surface area contributed by atoms with Crippen LogP contribution in [-0.2, 0) is 38.1 Å². The van der Waals surface area contributed by atoms with Crippen molar-refractivity contribution in [2.24, 2.45) is 0 Å². The number of ether oxygens (including phenoxy) is 5. The minimum Gasteiger partial charge on any atom is -0.479 e. The molecule has 0 aromatic rings. The summed E-state index contributed by atoms with van der Waals surface area (Å²) >= 11 is 0. The zero-order chi connectivity index (χ0) is 22.7. The van der Waals surface area contributed by atoms with Crippen LogP contribution in [0.1, 0.15) is 6.92 Å². The van der Waals surface area contributed by atoms with E-state index in [9.17, 15) is 39.9 Å². The number of carbonyl (C=O) groups excluding carboxylic acids is 1. The van der Waals surface area contributed by atoms with Gasteiger partial charge in [-0.05, 0) is 0 Å². The fraction of sp³-hybridized carbons (Fsp3) is 0.812. The quantitative estimate of drug-likeness (QED) is 0.225. The third-order valence-electron chi connectivity index (χ3n) is 4.77. The number of methoxy groups -OCH3 is 2. The molecule has 0 bridgehead atoms. The largest absolute Gasteiger partial charge is 0.479 e. The van der Waals surface area contributed by atoms with E-state index >= 15 is 0 Å². The van der Waals surface area contributed by atoms with Crippen molar-refractivity contribution in [3.8, 4) is 0 Å². The summed E-state index contributed by atoms with van der Waals surface area (Å²) in [7, 11) is 2.27. The zero-order valence-corrected chi connectivity index (χ0v) is 16.3. The fourth-order valence-corrected chi connectivity index (χ4v) is 3.37. The van der Waals surface area contributed by atoms with E-state index in [2.05, 4.69) is 5.32 Å². The molecule has 0 aromatic heterocycles. The Morgan fingerprint density at radius 3 is 1.83 bits per heavy atom. The molecule has 0 aromatic carbocycles. The second kappa shape index (κ2) is 9.93. The molecule has 6 N–H and O–H groups in total. The van der Waals surface area contributed by atoms with Gasteiger partial charge in [0.15, 0.2) is 24.8 Å². The van der Waals surface area contributed by atoms with Gasteiger partial charge in [0, 0.05) is 21.1 Å². The van der Waals surface area contributed by atoms with Crippen LogP contribution in [0.4, 0.5) is 0 Å². The standard InChI is InChI=1S/C16H25NO13/c1-4(18)17-5-9(8(21)11(13(22)23)29-15(5)27-3)28-16-7(20)6(19)10(26-2)12(30-16)14(24)25/h5-12,15-16,19-21H,1-3H3,(H,17,18)(H,22,23)(H,24,25)/t5-,6?,7-,8-,9?,10-,11?,12?,15?,16?/m0/s1. The first-order chi connectivity index (χ1) is 14.0. The maximum absolute atomic E-state index is 11.6. The predicted molar refractivity (Wildman–Crippen MR) is 90.9 cm³/mol. The van der Waals surface area contributed by atoms with Crippen molar-refractivity contribution in [1.82, 2.24) is 5.32 Å². The van der Waals surface area contributed by atoms with Gasteiger partial charge in [-0.25, -0.2) is 9.59 Å². The Hall–Kier alpha value is -1.91. The Labute approximate surface area is 170 Å². The van der Waals surface area contributed by atoms with Gasteiger partial charge in [-0.3, -0.25) is 4.79 Å². The minimum absolute atomic E-state index is 0.603. The summed E-state index contributed by atoms with van der Waals surface area (Å²) in [4.78, 5) is 34.5. The van der Waals surface area contributed by atoms with Gasteiger partial charge in [0.2, 0.25) is 5.91 Å². The van der Waals surface area contributed by atoms with Gasteiger partial charge in [0.05, 0.1) is 0 Å². The Balaban J connectivity index is 2.34. The van der Waals surface area contributed by atoms with Crippen LogP contribution in [0.15, 0.2) is 0 Å². The molecule has 2 fully saturated rings. The molecule has 30 heavy (non-hydrogen) atoms. The molecular weight excluding hydrogens is 414 g/mol. The average molecular weight is 439 g/mol. The topological polar surface area (TPSA) is 211 Å². The van der Waals surface area contributed by atoms with Crippen molar-refractivity contribution in [1.29, 1.82) is 0 Å². The molecule has 14 nitrogen and oxygen atoms in total. The summed E-state index contributed by atoms with van der Waals surface area (Å²) in [5.41, 5.74) is 0. The van der Waals surface area contributed by atoms with Crippen LogP contribution in [0, 0.1) is 0 Å². The van der Waals surface area contributed by atoms with E-state index in [0.29, 0.717) is 0 Å². The van der Waals surface area contributed by atoms with Crippen molar-refractivity contribution in [2.75, 3.05) is 14.2 Å². The monoisotopic (exact) mass is 439 g/mol. The molecule has 2 aliphatic heterocycles. The van der Waals surface area contributed by atoms with Crippen LogP contribution in [0.5, 0.6) is 0 Å². The first-order valence-corrected chi connectivity index (χ1v) is 8.82. The molecule has 1 amide bonds. The average Bonchev–Trinajstić information content (AvgIpc) is 2.67. The van der Waals surface area contributed by atoms with E-state index in [1.807, 2.05) is 0 Å². The van der Waals surface area contributed by atoms with Crippen molar-refractivity contribution < 1.29 is 63.6 Å². The maximum Gasteiger partial charge on any atom is 0.335 e. The highest BCUT2D eigenvalue weighted by molar-refractivity contribution is 5.75. The molecule has 2 rings (SSSR count). The van der Waals surface area contributed by atoms with Gasteiger partial charge < -0.3 is 54.5 Å². The highest BCUT2D eigenvalue weighted by atomic mass is 16.7. The molecule has 172 valence electrons. The molecule has 2 heterocycles. The van der Waals surface area contributed by atoms with Crippen molar-refractivity contribution in [3.63, 3.8) is 0 Å². The molecule has 10 atom stereocenters. The first kappa shape index (κ1) is 24.4. The number of carboxylic acids is 2. The number of aliphatic hydroxyl groups is 3. The fourth-order valence-electron chi connectivity index (χ4n) is 3.37. The van der Waals surface area contributed by atoms with Gasteiger partial charge in [-0.1, -0.05) is 0 Å². The third-order valence-corrected chi connectivity index (χ3v) is 4.77. The number of carbonyl (C=O) groups is 3. The van der Waals surface area contributed by atoms with E-state index in [-0.39, 0.29) is 0 Å². The molecule has 0 radical (unpaired) electrons. The molecule has 0 aliphatic carbocycles. The van der Waals surface area contributed by atoms with Gasteiger partial charge in [0.25, 0.3) is 0 Å². The molecule has 0 spiro atoms. The van der Waals surface area contributed by atoms with Crippen molar-refractivity contribution >= 4 is 17.8 Å². The predicted octanol–water partition coefficient (Wildman–Crippen LogP) is -3.76. The van der Waals surface area contributed by atoms with Crippen LogP contribution in [0.25, 0.3) is 0 Å². The number of amides is 1. The summed E-state index contributed by atoms with van der Waals surface area (Å²) in [6.45, 7) is 1.14. The van der Waals surface area contributed by atoms with E-state index in [1.54, 1.807) is 0 Å². The molecule has 6 unspecified atom stereocenters. The highest BCUT2D eigenvalue weighted by Crippen LogP contribution is 2.30. The zero-order valence-electron chi connectivity index (χ0n) is 16.3. The molecule has 2 aliphatic rings. The van der Waals surface area contributed by atoms with Crippen LogP contribution >= 0.6 is 0 Å². The van der Waals surface area contributed by atoms with Crippen molar-refractivity contribution in [3.05, 3.63) is 0 Å². The minimum atomic E-state index is -1.89. The summed E-state index contributed by atoms with van der Waals surface area (Å²) in [5, 5.41) is 52.0. The molecule has 0 saturated carbocycles. The SMILES string of the molecule is COC1OC(C(=O)O)[C@@H](O)C(OC2OC(C(=O)O)[C@@H](OC)C(O)[C@@H]2O)[C@@H]1NC(C)=O. The summed E-state index contributed by atoms with van der Waals surface area (Å²) in [6, 6.07) is -1.27. The second-order valence-electron chi connectivity index (χ2n) is 6.76. The smallest absolute Gasteiger partial charge is 0.335 e. The normalized spacial score (nSPS) is 41.8. The van der Waals surface area contributed by atoms with E-state index in [1.165, 1.54) is 0 Å². The summed E-state index contributed by atoms with van der Waals surface area (Å²) < 4.78 is 25.7. The van der Waals surface area contributed by atoms with Crippen LogP contribution in [-0.4, -0.2) is 119 Å². The number of aliphatic hydroxyl groups excluding tert-OH is 3. The maximum atomic E-state index is 11.6. The molecule has 2 saturated heterocycles. The Kier molecular flexibility index (Phi) is 8.06. The van der Waals surface area contributed by atoms with Gasteiger partial charge in [-0.2, -0.15) is 0 Å². The van der Waals surface area contributed by atoms with Crippen LogP contribution in [0.3, 0.4) is 0 Å². The van der Waals surface area contributed by atoms with Crippen LogP contribution in [0.2, 0.25) is 0 Å². The number of aliphatic carboxylic acids is 2. The van der Waals surface area contributed by atoms with Gasteiger partial charge >= 0.3 is 11.9 Å². The van der Waals surface area contributed by atoms with Crippen LogP contribution < -0.4 is 5.32 Å². The van der Waals surface area contributed by atoms with Gasteiger partial charge in [0.1, 0.15) is 36.6 Å². The lowest BCUT2D eigenvalue weighted by Gasteiger charge is -2.46. The lowest BCUT2D eigenvalue weighted by Crippen LogP contribution is -2.68. The van der Waals surface area contributed by atoms with Crippen molar-refractivity contribution in [2.45, 2.75) is 68.3 Å². The lowest BCUT2D eigenvalue weighted by molar-refractivity contribution is -0.337. The first-order valence-electron chi connectivity index (χ1n) is 8.82. The molecule has 14 heteroatoms. The number of rotatable bonds is 7. The highest BCUT2D eigenvalue weighted by Gasteiger charge is 2.54. The van der Waals surface area contributed by atoms with E-state index < -0.39 is 79.2 Å². The Morgan fingerprint density at radius 2 is 1.37 bits per heavy atom. The lowest BCUT2D eigenvalue weighted by atomic mass is 9.95. The number of nitrogens with one attached hydrogen (secondary N) is 1.